The Hall–Kier alpha value is -0.0800. The molecule has 90 valence electrons. The first-order valence-corrected chi connectivity index (χ1v) is 6.51. The zero-order valence-electron chi connectivity index (χ0n) is 10.4. The fourth-order valence-corrected chi connectivity index (χ4v) is 2.30. The van der Waals surface area contributed by atoms with Crippen LogP contribution < -0.4 is 5.32 Å². The molecule has 0 unspecified atom stereocenters. The van der Waals surface area contributed by atoms with Crippen molar-refractivity contribution < 1.29 is 5.11 Å². The lowest BCUT2D eigenvalue weighted by molar-refractivity contribution is 0.0711. The fraction of sp³-hybridized carbons (Fsp3) is 1.00. The first-order chi connectivity index (χ1) is 7.08. The molecule has 0 aromatic carbocycles. The normalized spacial score (nSPS) is 19.4. The summed E-state index contributed by atoms with van der Waals surface area (Å²) in [5, 5.41) is 13.0. The summed E-state index contributed by atoms with van der Waals surface area (Å²) in [4.78, 5) is 0. The van der Waals surface area contributed by atoms with Gasteiger partial charge in [-0.3, -0.25) is 0 Å². The molecule has 2 heteroatoms. The summed E-state index contributed by atoms with van der Waals surface area (Å²) in [6.45, 7) is 5.81. The van der Waals surface area contributed by atoms with Crippen molar-refractivity contribution in [3.63, 3.8) is 0 Å². The van der Waals surface area contributed by atoms with Crippen molar-refractivity contribution in [2.75, 3.05) is 13.1 Å². The van der Waals surface area contributed by atoms with E-state index in [0.29, 0.717) is 0 Å². The average molecular weight is 213 g/mol. The van der Waals surface area contributed by atoms with Gasteiger partial charge < -0.3 is 10.4 Å². The predicted octanol–water partition coefficient (Wildman–Crippen LogP) is 2.71. The molecule has 0 aromatic heterocycles. The van der Waals surface area contributed by atoms with E-state index in [0.717, 1.165) is 25.4 Å². The standard InChI is InChI=1S/C13H27NO/c1-13(2,15)9-11-14-10-8-12-6-4-3-5-7-12/h12,14-15H,3-11H2,1-2H3. The molecular formula is C13H27NO. The second-order valence-electron chi connectivity index (χ2n) is 5.61. The lowest BCUT2D eigenvalue weighted by Crippen LogP contribution is -2.28. The molecule has 1 aliphatic carbocycles. The average Bonchev–Trinajstić information content (AvgIpc) is 2.17. The Morgan fingerprint density at radius 3 is 2.40 bits per heavy atom. The van der Waals surface area contributed by atoms with E-state index in [2.05, 4.69) is 5.32 Å². The summed E-state index contributed by atoms with van der Waals surface area (Å²) in [7, 11) is 0. The third-order valence-electron chi connectivity index (χ3n) is 3.37. The molecule has 0 heterocycles. The first-order valence-electron chi connectivity index (χ1n) is 6.51. The minimum Gasteiger partial charge on any atom is -0.390 e. The van der Waals surface area contributed by atoms with Gasteiger partial charge in [-0.15, -0.1) is 0 Å². The van der Waals surface area contributed by atoms with Crippen LogP contribution in [0.25, 0.3) is 0 Å². The Bertz CT molecular complexity index is 156. The minimum absolute atomic E-state index is 0.516. The summed E-state index contributed by atoms with van der Waals surface area (Å²) >= 11 is 0. The highest BCUT2D eigenvalue weighted by atomic mass is 16.3. The molecule has 0 atom stereocenters. The Morgan fingerprint density at radius 1 is 1.13 bits per heavy atom. The number of aliphatic hydroxyl groups is 1. The van der Waals surface area contributed by atoms with E-state index in [9.17, 15) is 5.11 Å². The zero-order chi connectivity index (χ0) is 11.1. The van der Waals surface area contributed by atoms with Gasteiger partial charge >= 0.3 is 0 Å². The van der Waals surface area contributed by atoms with Crippen LogP contribution in [-0.2, 0) is 0 Å². The minimum atomic E-state index is -0.516. The van der Waals surface area contributed by atoms with Crippen molar-refractivity contribution in [1.82, 2.24) is 5.32 Å². The lowest BCUT2D eigenvalue weighted by Gasteiger charge is -2.22. The molecule has 1 rings (SSSR count). The maximum absolute atomic E-state index is 9.53. The van der Waals surface area contributed by atoms with Gasteiger partial charge in [0, 0.05) is 0 Å². The molecule has 2 N–H and O–H groups in total. The quantitative estimate of drug-likeness (QED) is 0.665. The third kappa shape index (κ3) is 6.91. The fourth-order valence-electron chi connectivity index (χ4n) is 2.30. The van der Waals surface area contributed by atoms with Gasteiger partial charge in [0.1, 0.15) is 0 Å². The summed E-state index contributed by atoms with van der Waals surface area (Å²) in [6, 6.07) is 0. The second-order valence-corrected chi connectivity index (χ2v) is 5.61. The smallest absolute Gasteiger partial charge is 0.0603 e. The van der Waals surface area contributed by atoms with Gasteiger partial charge in [0.15, 0.2) is 0 Å². The summed E-state index contributed by atoms with van der Waals surface area (Å²) in [6.07, 6.45) is 9.37. The van der Waals surface area contributed by atoms with Crippen molar-refractivity contribution in [3.8, 4) is 0 Å². The molecule has 15 heavy (non-hydrogen) atoms. The summed E-state index contributed by atoms with van der Waals surface area (Å²) in [5.41, 5.74) is -0.516. The van der Waals surface area contributed by atoms with E-state index >= 15 is 0 Å². The molecule has 0 bridgehead atoms. The molecule has 0 aliphatic heterocycles. The predicted molar refractivity (Wildman–Crippen MR) is 65.0 cm³/mol. The van der Waals surface area contributed by atoms with Gasteiger partial charge in [-0.25, -0.2) is 0 Å². The van der Waals surface area contributed by atoms with Crippen LogP contribution in [0.5, 0.6) is 0 Å². The van der Waals surface area contributed by atoms with Crippen molar-refractivity contribution in [2.45, 2.75) is 64.4 Å². The van der Waals surface area contributed by atoms with Crippen LogP contribution in [-0.4, -0.2) is 23.8 Å². The van der Waals surface area contributed by atoms with Gasteiger partial charge in [0.25, 0.3) is 0 Å². The molecule has 0 saturated heterocycles. The van der Waals surface area contributed by atoms with Crippen LogP contribution in [0.1, 0.15) is 58.8 Å². The van der Waals surface area contributed by atoms with Gasteiger partial charge in [-0.05, 0) is 45.7 Å². The SMILES string of the molecule is CC(C)(O)CCNCCC1CCCCC1. The first kappa shape index (κ1) is 13.0. The topological polar surface area (TPSA) is 32.3 Å². The molecule has 0 aromatic rings. The van der Waals surface area contributed by atoms with Crippen LogP contribution in [0, 0.1) is 5.92 Å². The highest BCUT2D eigenvalue weighted by Gasteiger charge is 2.13. The van der Waals surface area contributed by atoms with Crippen molar-refractivity contribution in [3.05, 3.63) is 0 Å². The Kier molecular flexibility index (Phi) is 5.62. The van der Waals surface area contributed by atoms with Crippen LogP contribution in [0.3, 0.4) is 0 Å². The van der Waals surface area contributed by atoms with Gasteiger partial charge in [0.2, 0.25) is 0 Å². The van der Waals surface area contributed by atoms with E-state index < -0.39 is 5.60 Å². The summed E-state index contributed by atoms with van der Waals surface area (Å²) < 4.78 is 0. The van der Waals surface area contributed by atoms with Crippen LogP contribution in [0.15, 0.2) is 0 Å². The highest BCUT2D eigenvalue weighted by Crippen LogP contribution is 2.25. The molecule has 0 radical (unpaired) electrons. The van der Waals surface area contributed by atoms with E-state index in [-0.39, 0.29) is 0 Å². The summed E-state index contributed by atoms with van der Waals surface area (Å²) in [5.74, 6) is 0.966. The maximum Gasteiger partial charge on any atom is 0.0603 e. The Labute approximate surface area is 94.5 Å². The van der Waals surface area contributed by atoms with Crippen molar-refractivity contribution in [2.24, 2.45) is 5.92 Å². The number of rotatable bonds is 6. The van der Waals surface area contributed by atoms with E-state index in [1.54, 1.807) is 0 Å². The van der Waals surface area contributed by atoms with Crippen LogP contribution >= 0.6 is 0 Å². The molecule has 0 amide bonds. The van der Waals surface area contributed by atoms with Gasteiger partial charge in [-0.1, -0.05) is 32.1 Å². The van der Waals surface area contributed by atoms with E-state index in [1.165, 1.54) is 38.5 Å². The largest absolute Gasteiger partial charge is 0.390 e. The molecule has 1 saturated carbocycles. The van der Waals surface area contributed by atoms with Gasteiger partial charge in [-0.2, -0.15) is 0 Å². The zero-order valence-corrected chi connectivity index (χ0v) is 10.4. The maximum atomic E-state index is 9.53. The molecule has 1 fully saturated rings. The third-order valence-corrected chi connectivity index (χ3v) is 3.37. The lowest BCUT2D eigenvalue weighted by atomic mass is 9.87. The second kappa shape index (κ2) is 6.49. The Balaban J connectivity index is 1.92. The molecular weight excluding hydrogens is 186 g/mol. The number of hydrogen-bond acceptors (Lipinski definition) is 2. The monoisotopic (exact) mass is 213 g/mol. The van der Waals surface area contributed by atoms with Crippen LogP contribution in [0.4, 0.5) is 0 Å². The van der Waals surface area contributed by atoms with Crippen molar-refractivity contribution >= 4 is 0 Å². The highest BCUT2D eigenvalue weighted by molar-refractivity contribution is 4.69. The van der Waals surface area contributed by atoms with E-state index in [1.807, 2.05) is 13.8 Å². The van der Waals surface area contributed by atoms with E-state index in [4.69, 9.17) is 0 Å². The van der Waals surface area contributed by atoms with Gasteiger partial charge in [0.05, 0.1) is 5.60 Å². The number of nitrogens with one attached hydrogen (secondary N) is 1. The molecule has 1 aliphatic rings. The van der Waals surface area contributed by atoms with Crippen molar-refractivity contribution in [1.29, 1.82) is 0 Å². The van der Waals surface area contributed by atoms with Crippen LogP contribution in [0.2, 0.25) is 0 Å². The molecule has 0 spiro atoms. The Morgan fingerprint density at radius 2 is 1.80 bits per heavy atom. The molecule has 2 nitrogen and oxygen atoms in total. The number of hydrogen-bond donors (Lipinski definition) is 2.